The summed E-state index contributed by atoms with van der Waals surface area (Å²) in [6.45, 7) is 9.48. The van der Waals surface area contributed by atoms with Gasteiger partial charge in [-0.15, -0.1) is 0 Å². The van der Waals surface area contributed by atoms with Crippen LogP contribution < -0.4 is 4.90 Å². The fourth-order valence-corrected chi connectivity index (χ4v) is 10.1. The van der Waals surface area contributed by atoms with Crippen molar-refractivity contribution < 1.29 is 0 Å². The SMILES string of the molecule is C.CC1(C)c2ccccc2-c2cc(N(c3ccc(-c4ccc5c6ccccc6n(-c6ccccc6)c5c4)cc3)c3cccc4c3C(C)(C)c3ccccc3-4)ccc21. The molecule has 0 N–H and O–H groups in total. The normalized spacial score (nSPS) is 14.1. The van der Waals surface area contributed by atoms with Crippen LogP contribution in [0.2, 0.25) is 0 Å². The lowest BCUT2D eigenvalue weighted by Gasteiger charge is -2.32. The number of hydrogen-bond acceptors (Lipinski definition) is 1. The highest BCUT2D eigenvalue weighted by atomic mass is 15.1. The molecule has 0 spiro atoms. The summed E-state index contributed by atoms with van der Waals surface area (Å²) in [5.74, 6) is 0. The molecular weight excluding hydrogens is 689 g/mol. The number of anilines is 3. The van der Waals surface area contributed by atoms with Crippen molar-refractivity contribution >= 4 is 38.9 Å². The lowest BCUT2D eigenvalue weighted by Crippen LogP contribution is -2.21. The van der Waals surface area contributed by atoms with E-state index in [1.165, 1.54) is 88.8 Å². The maximum absolute atomic E-state index is 2.50. The Balaban J connectivity index is 0.00000396. The molecule has 2 aliphatic rings. The van der Waals surface area contributed by atoms with E-state index < -0.39 is 0 Å². The first-order valence-corrected chi connectivity index (χ1v) is 19.8. The molecule has 0 bridgehead atoms. The quantitative estimate of drug-likeness (QED) is 0.171. The van der Waals surface area contributed by atoms with E-state index in [2.05, 4.69) is 219 Å². The Kier molecular flexibility index (Phi) is 7.76. The second kappa shape index (κ2) is 12.7. The molecule has 0 atom stereocenters. The molecule has 2 nitrogen and oxygen atoms in total. The van der Waals surface area contributed by atoms with Crippen LogP contribution in [0.3, 0.4) is 0 Å². The highest BCUT2D eigenvalue weighted by Crippen LogP contribution is 2.55. The number of hydrogen-bond donors (Lipinski definition) is 0. The number of benzene rings is 8. The van der Waals surface area contributed by atoms with E-state index in [0.29, 0.717) is 0 Å². The van der Waals surface area contributed by atoms with Gasteiger partial charge < -0.3 is 9.47 Å². The summed E-state index contributed by atoms with van der Waals surface area (Å²) in [6, 6.07) is 67.5. The Labute approximate surface area is 336 Å². The van der Waals surface area contributed by atoms with Gasteiger partial charge in [-0.1, -0.05) is 163 Å². The zero-order valence-electron chi connectivity index (χ0n) is 32.2. The lowest BCUT2D eigenvalue weighted by atomic mass is 9.81. The summed E-state index contributed by atoms with van der Waals surface area (Å²) in [5, 5.41) is 2.53. The highest BCUT2D eigenvalue weighted by Gasteiger charge is 2.40. The first-order chi connectivity index (χ1) is 27.3. The van der Waals surface area contributed by atoms with Crippen LogP contribution in [0.1, 0.15) is 57.4 Å². The van der Waals surface area contributed by atoms with Gasteiger partial charge in [0.05, 0.1) is 16.7 Å². The minimum Gasteiger partial charge on any atom is -0.310 e. The standard InChI is InChI=1S/C54H42N2.CH4/c1-53(2)46-21-11-9-18-41(46)45-34-39(30-32-48(45)53)55(50-24-14-20-44-40-17-8-12-22-47(40)54(3,4)52(44)50)38-28-25-35(26-29-38)36-27-31-43-42-19-10-13-23-49(42)56(51(43)33-36)37-15-6-5-7-16-37;/h5-34H,1-4H3;1H4. The molecular formula is C55H46N2. The molecule has 57 heavy (non-hydrogen) atoms. The van der Waals surface area contributed by atoms with Crippen molar-refractivity contribution in [1.29, 1.82) is 0 Å². The molecule has 2 aliphatic carbocycles. The van der Waals surface area contributed by atoms with Crippen LogP contribution in [0.25, 0.3) is 60.9 Å². The van der Waals surface area contributed by atoms with E-state index >= 15 is 0 Å². The topological polar surface area (TPSA) is 8.17 Å². The van der Waals surface area contributed by atoms with Gasteiger partial charge in [0.25, 0.3) is 0 Å². The van der Waals surface area contributed by atoms with Crippen LogP contribution in [-0.4, -0.2) is 4.57 Å². The van der Waals surface area contributed by atoms with Crippen molar-refractivity contribution in [1.82, 2.24) is 4.57 Å². The third-order valence-corrected chi connectivity index (χ3v) is 12.8. The van der Waals surface area contributed by atoms with Gasteiger partial charge in [-0.25, -0.2) is 0 Å². The van der Waals surface area contributed by atoms with E-state index in [1.807, 2.05) is 0 Å². The van der Waals surface area contributed by atoms with Gasteiger partial charge in [-0.3, -0.25) is 0 Å². The molecule has 1 aromatic heterocycles. The van der Waals surface area contributed by atoms with Gasteiger partial charge in [-0.2, -0.15) is 0 Å². The van der Waals surface area contributed by atoms with Crippen LogP contribution in [-0.2, 0) is 10.8 Å². The first-order valence-electron chi connectivity index (χ1n) is 19.8. The number of fused-ring (bicyclic) bond motifs is 9. The summed E-state index contributed by atoms with van der Waals surface area (Å²) >= 11 is 0. The lowest BCUT2D eigenvalue weighted by molar-refractivity contribution is 0.660. The minimum atomic E-state index is -0.168. The summed E-state index contributed by atoms with van der Waals surface area (Å²) in [4.78, 5) is 2.50. The highest BCUT2D eigenvalue weighted by molar-refractivity contribution is 6.10. The largest absolute Gasteiger partial charge is 0.310 e. The number of para-hydroxylation sites is 2. The molecule has 0 saturated heterocycles. The minimum absolute atomic E-state index is 0. The monoisotopic (exact) mass is 734 g/mol. The summed E-state index contributed by atoms with van der Waals surface area (Å²) in [6.07, 6.45) is 0. The van der Waals surface area contributed by atoms with Crippen molar-refractivity contribution in [3.05, 3.63) is 204 Å². The van der Waals surface area contributed by atoms with E-state index in [-0.39, 0.29) is 18.3 Å². The number of aromatic nitrogens is 1. The predicted molar refractivity (Wildman–Crippen MR) is 243 cm³/mol. The molecule has 0 fully saturated rings. The summed E-state index contributed by atoms with van der Waals surface area (Å²) in [7, 11) is 0. The van der Waals surface area contributed by atoms with Gasteiger partial charge in [0.15, 0.2) is 0 Å². The fourth-order valence-electron chi connectivity index (χ4n) is 10.1. The molecule has 0 amide bonds. The average Bonchev–Trinajstić information content (AvgIpc) is 3.78. The van der Waals surface area contributed by atoms with Crippen molar-refractivity contribution in [2.75, 3.05) is 4.90 Å². The molecule has 276 valence electrons. The molecule has 1 heterocycles. The molecule has 11 rings (SSSR count). The van der Waals surface area contributed by atoms with E-state index in [4.69, 9.17) is 0 Å². The van der Waals surface area contributed by atoms with Gasteiger partial charge >= 0.3 is 0 Å². The maximum atomic E-state index is 2.50. The summed E-state index contributed by atoms with van der Waals surface area (Å²) < 4.78 is 2.40. The molecule has 0 unspecified atom stereocenters. The fraction of sp³-hybridized carbons (Fsp3) is 0.127. The average molecular weight is 735 g/mol. The van der Waals surface area contributed by atoms with E-state index in [1.54, 1.807) is 0 Å². The van der Waals surface area contributed by atoms with Crippen LogP contribution >= 0.6 is 0 Å². The van der Waals surface area contributed by atoms with Crippen LogP contribution in [0.4, 0.5) is 17.1 Å². The third-order valence-electron chi connectivity index (χ3n) is 12.8. The van der Waals surface area contributed by atoms with Crippen LogP contribution in [0.15, 0.2) is 182 Å². The Morgan fingerprint density at radius 3 is 1.75 bits per heavy atom. The Morgan fingerprint density at radius 2 is 0.982 bits per heavy atom. The van der Waals surface area contributed by atoms with E-state index in [0.717, 1.165) is 11.4 Å². The molecule has 9 aromatic rings. The molecule has 8 aromatic carbocycles. The summed E-state index contributed by atoms with van der Waals surface area (Å²) in [5.41, 5.74) is 20.1. The van der Waals surface area contributed by atoms with Crippen molar-refractivity contribution in [2.24, 2.45) is 0 Å². The van der Waals surface area contributed by atoms with Gasteiger partial charge in [-0.05, 0) is 110 Å². The van der Waals surface area contributed by atoms with E-state index in [9.17, 15) is 0 Å². The number of rotatable bonds is 5. The Hall–Kier alpha value is -6.64. The number of nitrogens with zero attached hydrogens (tertiary/aromatic N) is 2. The van der Waals surface area contributed by atoms with Crippen LogP contribution in [0.5, 0.6) is 0 Å². The zero-order chi connectivity index (χ0) is 37.8. The smallest absolute Gasteiger partial charge is 0.0547 e. The van der Waals surface area contributed by atoms with Gasteiger partial charge in [0, 0.05) is 38.7 Å². The first kappa shape index (κ1) is 34.8. The third kappa shape index (κ3) is 5.03. The van der Waals surface area contributed by atoms with Crippen molar-refractivity contribution in [3.8, 4) is 39.1 Å². The predicted octanol–water partition coefficient (Wildman–Crippen LogP) is 15.2. The Bertz CT molecular complexity index is 3020. The maximum Gasteiger partial charge on any atom is 0.0547 e. The second-order valence-electron chi connectivity index (χ2n) is 16.6. The molecule has 0 aliphatic heterocycles. The van der Waals surface area contributed by atoms with Gasteiger partial charge in [0.2, 0.25) is 0 Å². The molecule has 0 radical (unpaired) electrons. The Morgan fingerprint density at radius 1 is 0.404 bits per heavy atom. The van der Waals surface area contributed by atoms with Crippen molar-refractivity contribution in [3.63, 3.8) is 0 Å². The van der Waals surface area contributed by atoms with Crippen molar-refractivity contribution in [2.45, 2.75) is 46.0 Å². The molecule has 2 heteroatoms. The van der Waals surface area contributed by atoms with Crippen LogP contribution in [0, 0.1) is 0 Å². The zero-order valence-corrected chi connectivity index (χ0v) is 32.2. The van der Waals surface area contributed by atoms with Gasteiger partial charge in [0.1, 0.15) is 0 Å². The second-order valence-corrected chi connectivity index (χ2v) is 16.6. The molecule has 0 saturated carbocycles.